The number of hydrogen-bond donors (Lipinski definition) is 1. The molecule has 1 aromatic carbocycles. The molecule has 5 nitrogen and oxygen atoms in total. The predicted molar refractivity (Wildman–Crippen MR) is 86.2 cm³/mol. The molecule has 1 fully saturated rings. The summed E-state index contributed by atoms with van der Waals surface area (Å²) >= 11 is 0. The van der Waals surface area contributed by atoms with E-state index >= 15 is 0 Å². The predicted octanol–water partition coefficient (Wildman–Crippen LogP) is 2.82. The number of amides is 1. The van der Waals surface area contributed by atoms with E-state index in [-0.39, 0.29) is 29.5 Å². The lowest BCUT2D eigenvalue weighted by atomic mass is 9.83. The van der Waals surface area contributed by atoms with Crippen molar-refractivity contribution in [3.05, 3.63) is 41.0 Å². The largest absolute Gasteiger partial charge is 0.463 e. The molecule has 26 heavy (non-hydrogen) atoms. The molecule has 1 spiro atoms. The van der Waals surface area contributed by atoms with Crippen molar-refractivity contribution >= 4 is 17.6 Å². The number of carbonyl (C=O) groups is 2. The van der Waals surface area contributed by atoms with E-state index < -0.39 is 29.2 Å². The summed E-state index contributed by atoms with van der Waals surface area (Å²) in [5.41, 5.74) is -2.45. The molecule has 1 aromatic rings. The number of rotatable bonds is 2. The van der Waals surface area contributed by atoms with Crippen LogP contribution in [0.15, 0.2) is 29.8 Å². The van der Waals surface area contributed by atoms with Crippen molar-refractivity contribution in [3.8, 4) is 0 Å². The van der Waals surface area contributed by atoms with Gasteiger partial charge in [0, 0.05) is 18.2 Å². The van der Waals surface area contributed by atoms with Crippen LogP contribution in [-0.4, -0.2) is 36.0 Å². The first-order valence-corrected chi connectivity index (χ1v) is 8.50. The van der Waals surface area contributed by atoms with Crippen LogP contribution in [0, 0.1) is 0 Å². The highest BCUT2D eigenvalue weighted by atomic mass is 19.4. The van der Waals surface area contributed by atoms with Crippen molar-refractivity contribution < 1.29 is 27.5 Å². The lowest BCUT2D eigenvalue weighted by molar-refractivity contribution is -0.142. The molecular formula is C18H17F3N2O3. The Labute approximate surface area is 147 Å². The second-order valence-electron chi connectivity index (χ2n) is 6.59. The summed E-state index contributed by atoms with van der Waals surface area (Å²) < 4.78 is 45.4. The minimum Gasteiger partial charge on any atom is -0.463 e. The van der Waals surface area contributed by atoms with E-state index in [2.05, 4.69) is 5.32 Å². The van der Waals surface area contributed by atoms with Crippen LogP contribution in [0.1, 0.15) is 30.9 Å². The van der Waals surface area contributed by atoms with Gasteiger partial charge in [0.15, 0.2) is 5.54 Å². The van der Waals surface area contributed by atoms with Crippen molar-refractivity contribution in [3.63, 3.8) is 0 Å². The highest BCUT2D eigenvalue weighted by molar-refractivity contribution is 6.15. The fraction of sp³-hybridized carbons (Fsp3) is 0.444. The van der Waals surface area contributed by atoms with Crippen molar-refractivity contribution in [2.75, 3.05) is 18.5 Å². The number of ether oxygens (including phenoxy) is 1. The van der Waals surface area contributed by atoms with Crippen LogP contribution in [0.5, 0.6) is 0 Å². The van der Waals surface area contributed by atoms with Crippen molar-refractivity contribution in [2.45, 2.75) is 37.5 Å². The van der Waals surface area contributed by atoms with E-state index in [9.17, 15) is 22.8 Å². The molecule has 4 rings (SSSR count). The van der Waals surface area contributed by atoms with Crippen LogP contribution in [0.25, 0.3) is 0 Å². The van der Waals surface area contributed by atoms with Crippen LogP contribution < -0.4 is 5.32 Å². The number of alkyl halides is 3. The molecule has 0 saturated carbocycles. The molecule has 0 unspecified atom stereocenters. The Balaban J connectivity index is 1.95. The Kier molecular flexibility index (Phi) is 3.66. The van der Waals surface area contributed by atoms with Gasteiger partial charge >= 0.3 is 12.1 Å². The summed E-state index contributed by atoms with van der Waals surface area (Å²) in [6.45, 7) is 2.28. The van der Waals surface area contributed by atoms with Gasteiger partial charge < -0.3 is 10.1 Å². The Morgan fingerprint density at radius 1 is 1.42 bits per heavy atom. The number of benzene rings is 1. The maximum absolute atomic E-state index is 13.4. The van der Waals surface area contributed by atoms with E-state index in [0.29, 0.717) is 6.54 Å². The quantitative estimate of drug-likeness (QED) is 0.818. The number of anilines is 1. The maximum Gasteiger partial charge on any atom is 0.418 e. The van der Waals surface area contributed by atoms with Gasteiger partial charge in [0.2, 0.25) is 0 Å². The molecule has 1 N–H and O–H groups in total. The molecule has 0 bridgehead atoms. The van der Waals surface area contributed by atoms with Crippen LogP contribution in [0.4, 0.5) is 18.9 Å². The number of fused-ring (bicyclic) bond motifs is 4. The molecule has 2 atom stereocenters. The SMILES string of the molecule is CCOC(=O)C1=C[C@@H]2CCCN2[C@@]12C(=O)Nc1c(C(F)(F)F)cccc12. The number of para-hydroxylation sites is 1. The van der Waals surface area contributed by atoms with Crippen molar-refractivity contribution in [1.82, 2.24) is 4.90 Å². The van der Waals surface area contributed by atoms with Gasteiger partial charge in [-0.2, -0.15) is 13.2 Å². The van der Waals surface area contributed by atoms with Gasteiger partial charge in [0.05, 0.1) is 23.4 Å². The zero-order valence-electron chi connectivity index (χ0n) is 14.0. The highest BCUT2D eigenvalue weighted by Crippen LogP contribution is 2.54. The van der Waals surface area contributed by atoms with E-state index in [1.54, 1.807) is 13.0 Å². The van der Waals surface area contributed by atoms with Gasteiger partial charge in [-0.1, -0.05) is 18.2 Å². The zero-order valence-corrected chi connectivity index (χ0v) is 14.0. The molecule has 3 aliphatic rings. The molecule has 138 valence electrons. The smallest absolute Gasteiger partial charge is 0.418 e. The molecule has 0 radical (unpaired) electrons. The third-order valence-electron chi connectivity index (χ3n) is 5.30. The number of esters is 1. The highest BCUT2D eigenvalue weighted by Gasteiger charge is 2.63. The lowest BCUT2D eigenvalue weighted by Gasteiger charge is -2.35. The zero-order chi connectivity index (χ0) is 18.7. The molecule has 8 heteroatoms. The molecule has 3 heterocycles. The third kappa shape index (κ3) is 2.08. The van der Waals surface area contributed by atoms with E-state index in [0.717, 1.165) is 18.9 Å². The van der Waals surface area contributed by atoms with Crippen LogP contribution in [0.2, 0.25) is 0 Å². The monoisotopic (exact) mass is 366 g/mol. The Bertz CT molecular complexity index is 833. The second kappa shape index (κ2) is 5.57. The van der Waals surface area contributed by atoms with E-state index in [1.807, 2.05) is 4.90 Å². The number of nitrogens with one attached hydrogen (secondary N) is 1. The summed E-state index contributed by atoms with van der Waals surface area (Å²) in [7, 11) is 0. The number of hydrogen-bond acceptors (Lipinski definition) is 4. The molecule has 1 saturated heterocycles. The van der Waals surface area contributed by atoms with Crippen molar-refractivity contribution in [2.24, 2.45) is 0 Å². The van der Waals surface area contributed by atoms with Crippen LogP contribution in [-0.2, 0) is 26.0 Å². The average Bonchev–Trinajstić information content (AvgIpc) is 3.21. The summed E-state index contributed by atoms with van der Waals surface area (Å²) in [6, 6.07) is 3.52. The van der Waals surface area contributed by atoms with E-state index in [1.165, 1.54) is 12.1 Å². The second-order valence-corrected chi connectivity index (χ2v) is 6.59. The summed E-state index contributed by atoms with van der Waals surface area (Å²) in [6.07, 6.45) is -1.38. The van der Waals surface area contributed by atoms with E-state index in [4.69, 9.17) is 4.74 Å². The molecule has 0 aliphatic carbocycles. The normalized spacial score (nSPS) is 27.3. The first-order valence-electron chi connectivity index (χ1n) is 8.50. The van der Waals surface area contributed by atoms with Gasteiger partial charge in [-0.25, -0.2) is 4.79 Å². The van der Waals surface area contributed by atoms with Crippen molar-refractivity contribution in [1.29, 1.82) is 0 Å². The molecule has 0 aromatic heterocycles. The first kappa shape index (κ1) is 17.1. The van der Waals surface area contributed by atoms with Crippen LogP contribution >= 0.6 is 0 Å². The van der Waals surface area contributed by atoms with Gasteiger partial charge in [-0.05, 0) is 25.8 Å². The number of carbonyl (C=O) groups excluding carboxylic acids is 2. The van der Waals surface area contributed by atoms with Gasteiger partial charge in [-0.3, -0.25) is 9.69 Å². The molecule has 1 amide bonds. The summed E-state index contributed by atoms with van der Waals surface area (Å²) in [5, 5.41) is 2.40. The Morgan fingerprint density at radius 3 is 2.88 bits per heavy atom. The Morgan fingerprint density at radius 2 is 2.19 bits per heavy atom. The first-order chi connectivity index (χ1) is 12.3. The minimum absolute atomic E-state index is 0.111. The topological polar surface area (TPSA) is 58.6 Å². The average molecular weight is 366 g/mol. The van der Waals surface area contributed by atoms with Gasteiger partial charge in [-0.15, -0.1) is 0 Å². The summed E-state index contributed by atoms with van der Waals surface area (Å²) in [5.74, 6) is -1.30. The maximum atomic E-state index is 13.4. The molecular weight excluding hydrogens is 349 g/mol. The number of halogens is 3. The summed E-state index contributed by atoms with van der Waals surface area (Å²) in [4.78, 5) is 27.4. The Hall–Kier alpha value is -2.35. The third-order valence-corrected chi connectivity index (χ3v) is 5.30. The molecule has 3 aliphatic heterocycles. The number of nitrogens with zero attached hydrogens (tertiary/aromatic N) is 1. The van der Waals surface area contributed by atoms with Gasteiger partial charge in [0.1, 0.15) is 0 Å². The van der Waals surface area contributed by atoms with Gasteiger partial charge in [0.25, 0.3) is 5.91 Å². The lowest BCUT2D eigenvalue weighted by Crippen LogP contribution is -2.51. The minimum atomic E-state index is -4.61. The van der Waals surface area contributed by atoms with Crippen LogP contribution in [0.3, 0.4) is 0 Å². The fourth-order valence-electron chi connectivity index (χ4n) is 4.38. The standard InChI is InChI=1S/C18H17F3N2O3/c1-2-26-15(24)13-9-10-5-4-8-23(10)17(13)11-6-3-7-12(18(19,20)21)14(11)22-16(17)25/h3,6-7,9-10H,2,4-5,8H2,1H3,(H,22,25)/t10-,17+/m0/s1. The fourth-order valence-corrected chi connectivity index (χ4v) is 4.38.